The molecule has 4 nitrogen and oxygen atoms in total. The molecule has 1 unspecified atom stereocenters. The molecule has 0 aliphatic carbocycles. The van der Waals surface area contributed by atoms with E-state index in [2.05, 4.69) is 34.4 Å². The zero-order valence-corrected chi connectivity index (χ0v) is 14.4. The summed E-state index contributed by atoms with van der Waals surface area (Å²) in [6.07, 6.45) is 3.73. The maximum Gasteiger partial charge on any atom is 0.190 e. The van der Waals surface area contributed by atoms with Gasteiger partial charge in [-0.15, -0.1) is 24.0 Å². The standard InChI is InChI=1S/C13H28N4.HI/c1-4-6-8-15-13(14-3)16-10-12-7-9-17(5-2)11-12;/h12H,4-11H2,1-3H3,(H2,14,15,16);1H. The summed E-state index contributed by atoms with van der Waals surface area (Å²) in [5.41, 5.74) is 0. The number of guanidine groups is 1. The molecule has 0 bridgehead atoms. The molecule has 0 amide bonds. The normalized spacial score (nSPS) is 20.6. The van der Waals surface area contributed by atoms with Crippen molar-refractivity contribution in [2.24, 2.45) is 10.9 Å². The third-order valence-electron chi connectivity index (χ3n) is 3.42. The number of halogens is 1. The van der Waals surface area contributed by atoms with Gasteiger partial charge in [-0.05, 0) is 31.8 Å². The van der Waals surface area contributed by atoms with Crippen molar-refractivity contribution >= 4 is 29.9 Å². The number of likely N-dealkylation sites (tertiary alicyclic amines) is 1. The van der Waals surface area contributed by atoms with Crippen molar-refractivity contribution in [3.05, 3.63) is 0 Å². The fourth-order valence-corrected chi connectivity index (χ4v) is 2.21. The lowest BCUT2D eigenvalue weighted by molar-refractivity contribution is 0.342. The topological polar surface area (TPSA) is 39.7 Å². The van der Waals surface area contributed by atoms with Crippen molar-refractivity contribution in [2.75, 3.05) is 39.8 Å². The predicted octanol–water partition coefficient (Wildman–Crippen LogP) is 1.91. The van der Waals surface area contributed by atoms with Crippen molar-refractivity contribution in [3.8, 4) is 0 Å². The van der Waals surface area contributed by atoms with Crippen LogP contribution >= 0.6 is 24.0 Å². The van der Waals surface area contributed by atoms with Crippen LogP contribution in [0.1, 0.15) is 33.1 Å². The summed E-state index contributed by atoms with van der Waals surface area (Å²) in [6.45, 7) is 10.2. The van der Waals surface area contributed by atoms with Crippen molar-refractivity contribution in [1.29, 1.82) is 0 Å². The number of hydrogen-bond donors (Lipinski definition) is 2. The number of aliphatic imine (C=N–C) groups is 1. The fraction of sp³-hybridized carbons (Fsp3) is 0.923. The predicted molar refractivity (Wildman–Crippen MR) is 89.9 cm³/mol. The zero-order valence-electron chi connectivity index (χ0n) is 12.0. The number of rotatable bonds is 6. The number of nitrogens with zero attached hydrogens (tertiary/aromatic N) is 2. The molecule has 5 heteroatoms. The molecule has 108 valence electrons. The Hall–Kier alpha value is -0.0400. The molecule has 0 aromatic rings. The second kappa shape index (κ2) is 10.8. The van der Waals surface area contributed by atoms with Gasteiger partial charge in [-0.3, -0.25) is 4.99 Å². The molecule has 18 heavy (non-hydrogen) atoms. The van der Waals surface area contributed by atoms with Crippen LogP contribution in [0.2, 0.25) is 0 Å². The van der Waals surface area contributed by atoms with Gasteiger partial charge in [0.1, 0.15) is 0 Å². The molecule has 1 heterocycles. The van der Waals surface area contributed by atoms with Crippen LogP contribution in [-0.4, -0.2) is 50.6 Å². The molecule has 0 radical (unpaired) electrons. The largest absolute Gasteiger partial charge is 0.356 e. The van der Waals surface area contributed by atoms with Gasteiger partial charge in [0, 0.05) is 26.7 Å². The van der Waals surface area contributed by atoms with Gasteiger partial charge in [-0.25, -0.2) is 0 Å². The Balaban J connectivity index is 0.00000289. The van der Waals surface area contributed by atoms with Crippen LogP contribution in [0.5, 0.6) is 0 Å². The van der Waals surface area contributed by atoms with Crippen LogP contribution in [0, 0.1) is 5.92 Å². The van der Waals surface area contributed by atoms with Crippen molar-refractivity contribution in [2.45, 2.75) is 33.1 Å². The molecule has 1 atom stereocenters. The summed E-state index contributed by atoms with van der Waals surface area (Å²) < 4.78 is 0. The average Bonchev–Trinajstić information content (AvgIpc) is 2.81. The molecule has 0 aromatic heterocycles. The van der Waals surface area contributed by atoms with Gasteiger partial charge in [-0.2, -0.15) is 0 Å². The van der Waals surface area contributed by atoms with E-state index in [0.717, 1.165) is 25.0 Å². The van der Waals surface area contributed by atoms with Crippen LogP contribution in [0.15, 0.2) is 4.99 Å². The first-order valence-electron chi connectivity index (χ1n) is 6.97. The first-order valence-corrected chi connectivity index (χ1v) is 6.97. The molecule has 1 aliphatic heterocycles. The van der Waals surface area contributed by atoms with Gasteiger partial charge in [0.25, 0.3) is 0 Å². The Morgan fingerprint density at radius 2 is 2.11 bits per heavy atom. The molecular formula is C13H29IN4. The summed E-state index contributed by atoms with van der Waals surface area (Å²) in [5.74, 6) is 1.73. The van der Waals surface area contributed by atoms with Crippen molar-refractivity contribution in [1.82, 2.24) is 15.5 Å². The lowest BCUT2D eigenvalue weighted by Crippen LogP contribution is -2.40. The Morgan fingerprint density at radius 1 is 1.33 bits per heavy atom. The van der Waals surface area contributed by atoms with Crippen molar-refractivity contribution in [3.63, 3.8) is 0 Å². The SMILES string of the molecule is CCCCNC(=NC)NCC1CCN(CC)C1.I. The highest BCUT2D eigenvalue weighted by atomic mass is 127. The van der Waals surface area contributed by atoms with Gasteiger partial charge in [0.15, 0.2) is 5.96 Å². The van der Waals surface area contributed by atoms with Gasteiger partial charge in [0.05, 0.1) is 0 Å². The molecule has 1 aliphatic rings. The van der Waals surface area contributed by atoms with Crippen LogP contribution in [0.3, 0.4) is 0 Å². The van der Waals surface area contributed by atoms with E-state index in [1.807, 2.05) is 7.05 Å². The number of hydrogen-bond acceptors (Lipinski definition) is 2. The number of nitrogens with one attached hydrogen (secondary N) is 2. The minimum atomic E-state index is 0. The number of unbranched alkanes of at least 4 members (excludes halogenated alkanes) is 1. The molecule has 0 aromatic carbocycles. The fourth-order valence-electron chi connectivity index (χ4n) is 2.21. The maximum absolute atomic E-state index is 4.24. The van der Waals surface area contributed by atoms with Gasteiger partial charge >= 0.3 is 0 Å². The van der Waals surface area contributed by atoms with Crippen LogP contribution < -0.4 is 10.6 Å². The quantitative estimate of drug-likeness (QED) is 0.326. The molecule has 1 fully saturated rings. The highest BCUT2D eigenvalue weighted by molar-refractivity contribution is 14.0. The molecule has 1 rings (SSSR count). The highest BCUT2D eigenvalue weighted by Gasteiger charge is 2.20. The molecule has 1 saturated heterocycles. The Labute approximate surface area is 129 Å². The summed E-state index contributed by atoms with van der Waals surface area (Å²) >= 11 is 0. The van der Waals surface area contributed by atoms with Crippen LogP contribution in [0.25, 0.3) is 0 Å². The lowest BCUT2D eigenvalue weighted by Gasteiger charge is -2.16. The van der Waals surface area contributed by atoms with E-state index in [-0.39, 0.29) is 24.0 Å². The van der Waals surface area contributed by atoms with Gasteiger partial charge in [0.2, 0.25) is 0 Å². The summed E-state index contributed by atoms with van der Waals surface area (Å²) in [4.78, 5) is 6.75. The average molecular weight is 368 g/mol. The van der Waals surface area contributed by atoms with Gasteiger partial charge in [-0.1, -0.05) is 20.3 Å². The highest BCUT2D eigenvalue weighted by Crippen LogP contribution is 2.14. The first-order chi connectivity index (χ1) is 8.30. The van der Waals surface area contributed by atoms with Crippen molar-refractivity contribution < 1.29 is 0 Å². The van der Waals surface area contributed by atoms with E-state index in [0.29, 0.717) is 0 Å². The zero-order chi connectivity index (χ0) is 12.5. The van der Waals surface area contributed by atoms with E-state index in [9.17, 15) is 0 Å². The van der Waals surface area contributed by atoms with Crippen LogP contribution in [-0.2, 0) is 0 Å². The molecule has 2 N–H and O–H groups in total. The summed E-state index contributed by atoms with van der Waals surface area (Å²) in [6, 6.07) is 0. The first kappa shape index (κ1) is 18.0. The summed E-state index contributed by atoms with van der Waals surface area (Å²) in [7, 11) is 1.84. The van der Waals surface area contributed by atoms with E-state index in [1.54, 1.807) is 0 Å². The van der Waals surface area contributed by atoms with E-state index in [1.165, 1.54) is 38.9 Å². The third kappa shape index (κ3) is 6.78. The van der Waals surface area contributed by atoms with E-state index in [4.69, 9.17) is 0 Å². The molecular weight excluding hydrogens is 339 g/mol. The Morgan fingerprint density at radius 3 is 2.67 bits per heavy atom. The molecule has 0 saturated carbocycles. The van der Waals surface area contributed by atoms with E-state index < -0.39 is 0 Å². The lowest BCUT2D eigenvalue weighted by atomic mass is 10.1. The smallest absolute Gasteiger partial charge is 0.190 e. The third-order valence-corrected chi connectivity index (χ3v) is 3.42. The Kier molecular flexibility index (Phi) is 10.8. The van der Waals surface area contributed by atoms with E-state index >= 15 is 0 Å². The Bertz CT molecular complexity index is 233. The molecule has 0 spiro atoms. The second-order valence-electron chi connectivity index (χ2n) is 4.78. The van der Waals surface area contributed by atoms with Crippen LogP contribution in [0.4, 0.5) is 0 Å². The monoisotopic (exact) mass is 368 g/mol. The van der Waals surface area contributed by atoms with Gasteiger partial charge < -0.3 is 15.5 Å². The minimum Gasteiger partial charge on any atom is -0.356 e. The minimum absolute atomic E-state index is 0. The maximum atomic E-state index is 4.24. The second-order valence-corrected chi connectivity index (χ2v) is 4.78. The summed E-state index contributed by atoms with van der Waals surface area (Å²) in [5, 5.41) is 6.77.